The molecule has 0 heterocycles. The van der Waals surface area contributed by atoms with Gasteiger partial charge in [0, 0.05) is 6.04 Å². The normalized spacial score (nSPS) is 12.8. The van der Waals surface area contributed by atoms with E-state index in [1.807, 2.05) is 0 Å². The minimum absolute atomic E-state index is 0.595. The van der Waals surface area contributed by atoms with E-state index < -0.39 is 0 Å². The molecule has 0 amide bonds. The number of nitrogens with one attached hydrogen (secondary N) is 1. The van der Waals surface area contributed by atoms with Crippen molar-refractivity contribution in [2.45, 2.75) is 59.4 Å². The van der Waals surface area contributed by atoms with E-state index in [1.165, 1.54) is 30.5 Å². The van der Waals surface area contributed by atoms with E-state index in [0.717, 1.165) is 32.5 Å². The summed E-state index contributed by atoms with van der Waals surface area (Å²) in [6.07, 6.45) is 4.71. The molecule has 21 heavy (non-hydrogen) atoms. The van der Waals surface area contributed by atoms with Crippen LogP contribution in [0, 0.1) is 0 Å². The van der Waals surface area contributed by atoms with Crippen LogP contribution in [0.1, 0.15) is 51.7 Å². The van der Waals surface area contributed by atoms with Crippen molar-refractivity contribution in [3.63, 3.8) is 0 Å². The SMILES string of the molecule is CCCNC(CCN(CC)CC)Cc1ccc(CC)cc1. The average Bonchev–Trinajstić information content (AvgIpc) is 2.53. The maximum absolute atomic E-state index is 3.72. The predicted octanol–water partition coefficient (Wildman–Crippen LogP) is 3.89. The summed E-state index contributed by atoms with van der Waals surface area (Å²) in [6.45, 7) is 13.6. The van der Waals surface area contributed by atoms with Crippen LogP contribution in [0.5, 0.6) is 0 Å². The van der Waals surface area contributed by atoms with Crippen LogP contribution in [0.15, 0.2) is 24.3 Å². The van der Waals surface area contributed by atoms with E-state index in [-0.39, 0.29) is 0 Å². The third kappa shape index (κ3) is 7.10. The van der Waals surface area contributed by atoms with E-state index >= 15 is 0 Å². The molecule has 1 N–H and O–H groups in total. The summed E-state index contributed by atoms with van der Waals surface area (Å²) in [5.74, 6) is 0. The highest BCUT2D eigenvalue weighted by molar-refractivity contribution is 5.23. The number of hydrogen-bond acceptors (Lipinski definition) is 2. The Morgan fingerprint density at radius 3 is 2.10 bits per heavy atom. The van der Waals surface area contributed by atoms with Gasteiger partial charge in [-0.3, -0.25) is 0 Å². The molecule has 0 saturated heterocycles. The Morgan fingerprint density at radius 2 is 1.57 bits per heavy atom. The first-order valence-electron chi connectivity index (χ1n) is 8.76. The number of nitrogens with zero attached hydrogens (tertiary/aromatic N) is 1. The standard InChI is InChI=1S/C19H34N2/c1-5-14-20-19(13-15-21(7-3)8-4)16-18-11-9-17(6-2)10-12-18/h9-12,19-20H,5-8,13-16H2,1-4H3. The van der Waals surface area contributed by atoms with E-state index in [2.05, 4.69) is 62.2 Å². The van der Waals surface area contributed by atoms with Crippen LogP contribution in [0.25, 0.3) is 0 Å². The van der Waals surface area contributed by atoms with Gasteiger partial charge in [0.05, 0.1) is 0 Å². The molecule has 120 valence electrons. The fourth-order valence-corrected chi connectivity index (χ4v) is 2.70. The maximum atomic E-state index is 3.72. The van der Waals surface area contributed by atoms with Crippen LogP contribution in [0.3, 0.4) is 0 Å². The summed E-state index contributed by atoms with van der Waals surface area (Å²) in [5.41, 5.74) is 2.89. The zero-order valence-corrected chi connectivity index (χ0v) is 14.5. The van der Waals surface area contributed by atoms with Gasteiger partial charge in [0.2, 0.25) is 0 Å². The van der Waals surface area contributed by atoms with Crippen molar-refractivity contribution in [1.29, 1.82) is 0 Å². The second-order valence-electron chi connectivity index (χ2n) is 5.84. The average molecular weight is 290 g/mol. The molecule has 0 radical (unpaired) electrons. The lowest BCUT2D eigenvalue weighted by Crippen LogP contribution is -2.36. The number of aryl methyl sites for hydroxylation is 1. The molecule has 0 saturated carbocycles. The molecule has 0 aliphatic carbocycles. The van der Waals surface area contributed by atoms with Crippen LogP contribution in [-0.4, -0.2) is 37.1 Å². The first-order chi connectivity index (χ1) is 10.2. The van der Waals surface area contributed by atoms with Crippen LogP contribution < -0.4 is 5.32 Å². The molecular formula is C19H34N2. The van der Waals surface area contributed by atoms with Gasteiger partial charge >= 0.3 is 0 Å². The van der Waals surface area contributed by atoms with Crippen molar-refractivity contribution in [3.8, 4) is 0 Å². The van der Waals surface area contributed by atoms with Crippen LogP contribution in [0.4, 0.5) is 0 Å². The van der Waals surface area contributed by atoms with Gasteiger partial charge in [0.15, 0.2) is 0 Å². The van der Waals surface area contributed by atoms with Crippen molar-refractivity contribution in [2.75, 3.05) is 26.2 Å². The Morgan fingerprint density at radius 1 is 0.952 bits per heavy atom. The van der Waals surface area contributed by atoms with E-state index in [4.69, 9.17) is 0 Å². The molecule has 2 nitrogen and oxygen atoms in total. The van der Waals surface area contributed by atoms with Crippen LogP contribution in [-0.2, 0) is 12.8 Å². The Bertz CT molecular complexity index is 354. The Kier molecular flexibility index (Phi) is 9.36. The third-order valence-corrected chi connectivity index (χ3v) is 4.28. The summed E-state index contributed by atoms with van der Waals surface area (Å²) in [4.78, 5) is 2.51. The van der Waals surface area contributed by atoms with Gasteiger partial charge in [-0.15, -0.1) is 0 Å². The third-order valence-electron chi connectivity index (χ3n) is 4.28. The molecule has 0 bridgehead atoms. The number of benzene rings is 1. The summed E-state index contributed by atoms with van der Waals surface area (Å²) in [5, 5.41) is 3.72. The van der Waals surface area contributed by atoms with Crippen LogP contribution in [0.2, 0.25) is 0 Å². The minimum atomic E-state index is 0.595. The molecule has 1 unspecified atom stereocenters. The summed E-state index contributed by atoms with van der Waals surface area (Å²) < 4.78 is 0. The second kappa shape index (κ2) is 10.8. The highest BCUT2D eigenvalue weighted by Crippen LogP contribution is 2.10. The Hall–Kier alpha value is -0.860. The van der Waals surface area contributed by atoms with Gasteiger partial charge in [0.1, 0.15) is 0 Å². The molecule has 1 aromatic rings. The largest absolute Gasteiger partial charge is 0.314 e. The molecule has 1 atom stereocenters. The Balaban J connectivity index is 2.54. The number of hydrogen-bond donors (Lipinski definition) is 1. The monoisotopic (exact) mass is 290 g/mol. The highest BCUT2D eigenvalue weighted by Gasteiger charge is 2.10. The molecular weight excluding hydrogens is 256 g/mol. The topological polar surface area (TPSA) is 15.3 Å². The number of rotatable bonds is 11. The van der Waals surface area contributed by atoms with Crippen molar-refractivity contribution >= 4 is 0 Å². The van der Waals surface area contributed by atoms with Crippen molar-refractivity contribution in [1.82, 2.24) is 10.2 Å². The summed E-state index contributed by atoms with van der Waals surface area (Å²) in [7, 11) is 0. The fourth-order valence-electron chi connectivity index (χ4n) is 2.70. The van der Waals surface area contributed by atoms with Crippen molar-refractivity contribution in [3.05, 3.63) is 35.4 Å². The zero-order valence-electron chi connectivity index (χ0n) is 14.5. The molecule has 0 aliphatic rings. The Labute approximate surface area is 131 Å². The van der Waals surface area contributed by atoms with Gasteiger partial charge in [-0.25, -0.2) is 0 Å². The first kappa shape index (κ1) is 18.2. The smallest absolute Gasteiger partial charge is 0.0120 e. The van der Waals surface area contributed by atoms with Crippen molar-refractivity contribution < 1.29 is 0 Å². The summed E-state index contributed by atoms with van der Waals surface area (Å²) >= 11 is 0. The van der Waals surface area contributed by atoms with Gasteiger partial charge in [-0.2, -0.15) is 0 Å². The minimum Gasteiger partial charge on any atom is -0.314 e. The van der Waals surface area contributed by atoms with E-state index in [0.29, 0.717) is 6.04 Å². The lowest BCUT2D eigenvalue weighted by atomic mass is 10.0. The summed E-state index contributed by atoms with van der Waals surface area (Å²) in [6, 6.07) is 9.75. The van der Waals surface area contributed by atoms with Gasteiger partial charge in [-0.1, -0.05) is 52.0 Å². The van der Waals surface area contributed by atoms with Gasteiger partial charge in [-0.05, 0) is 63.0 Å². The predicted molar refractivity (Wildman–Crippen MR) is 94.0 cm³/mol. The molecule has 0 aromatic heterocycles. The highest BCUT2D eigenvalue weighted by atomic mass is 15.1. The molecule has 0 fully saturated rings. The first-order valence-corrected chi connectivity index (χ1v) is 8.76. The fraction of sp³-hybridized carbons (Fsp3) is 0.684. The van der Waals surface area contributed by atoms with Gasteiger partial charge < -0.3 is 10.2 Å². The van der Waals surface area contributed by atoms with E-state index in [1.54, 1.807) is 0 Å². The maximum Gasteiger partial charge on any atom is 0.0120 e. The quantitative estimate of drug-likeness (QED) is 0.665. The van der Waals surface area contributed by atoms with Crippen LogP contribution >= 0.6 is 0 Å². The molecule has 1 rings (SSSR count). The second-order valence-corrected chi connectivity index (χ2v) is 5.84. The van der Waals surface area contributed by atoms with E-state index in [9.17, 15) is 0 Å². The molecule has 0 aliphatic heterocycles. The zero-order chi connectivity index (χ0) is 15.5. The van der Waals surface area contributed by atoms with Crippen molar-refractivity contribution in [2.24, 2.45) is 0 Å². The lowest BCUT2D eigenvalue weighted by Gasteiger charge is -2.24. The molecule has 0 spiro atoms. The van der Waals surface area contributed by atoms with Gasteiger partial charge in [0.25, 0.3) is 0 Å². The molecule has 1 aromatic carbocycles. The molecule has 2 heteroatoms. The lowest BCUT2D eigenvalue weighted by molar-refractivity contribution is 0.280.